The summed E-state index contributed by atoms with van der Waals surface area (Å²) in [6, 6.07) is 12.0. The molecule has 0 radical (unpaired) electrons. The number of hydrogen-bond donors (Lipinski definition) is 2. The number of nitrogens with two attached hydrogens (primary N) is 2. The summed E-state index contributed by atoms with van der Waals surface area (Å²) >= 11 is 0. The maximum Gasteiger partial charge on any atom is 0.361 e. The standard InChI is InChI=1S/C39H41N3O10.2H2S/c1-18(2)33(40)37(43)50-24-10-9-21(14-26(24)46-5)31-32-23-16-29(49-8)30(52-38(44)34(41)19(3)4)17-25(23)51-39(45)36(32)42-12-11-20-13-27(47-6)28(48-7)15-22(20)35(31)42;;/h9-19,33-34H,40-41H2,1-8H3;2*1H2/t33-,34-;;/m0../s1. The molecule has 0 amide bonds. The number of nitrogens with zero attached hydrogens (tertiary/aromatic N) is 1. The van der Waals surface area contributed by atoms with Gasteiger partial charge in [0.15, 0.2) is 34.5 Å². The number of esters is 2. The van der Waals surface area contributed by atoms with Crippen LogP contribution in [0.15, 0.2) is 63.9 Å². The van der Waals surface area contributed by atoms with E-state index in [1.165, 1.54) is 20.3 Å². The second-order valence-corrected chi connectivity index (χ2v) is 13.1. The Labute approximate surface area is 325 Å². The molecule has 3 aromatic heterocycles. The van der Waals surface area contributed by atoms with Gasteiger partial charge in [0.1, 0.15) is 23.2 Å². The van der Waals surface area contributed by atoms with E-state index >= 15 is 0 Å². The maximum atomic E-state index is 14.0. The zero-order valence-corrected chi connectivity index (χ0v) is 33.2. The molecular formula is C39H45N3O10S2. The quantitative estimate of drug-likeness (QED) is 0.0885. The molecule has 0 aliphatic carbocycles. The van der Waals surface area contributed by atoms with Crippen molar-refractivity contribution < 1.29 is 42.4 Å². The molecule has 0 aliphatic heterocycles. The van der Waals surface area contributed by atoms with Crippen LogP contribution in [0.3, 0.4) is 0 Å². The molecule has 15 heteroatoms. The van der Waals surface area contributed by atoms with Crippen molar-refractivity contribution in [3.63, 3.8) is 0 Å². The minimum Gasteiger partial charge on any atom is -0.493 e. The number of fused-ring (bicyclic) bond motifs is 7. The number of carbonyl (C=O) groups is 2. The molecule has 2 atom stereocenters. The molecule has 288 valence electrons. The highest BCUT2D eigenvalue weighted by Crippen LogP contribution is 2.46. The highest BCUT2D eigenvalue weighted by molar-refractivity contribution is 7.59. The Morgan fingerprint density at radius 1 is 0.648 bits per heavy atom. The van der Waals surface area contributed by atoms with E-state index in [-0.39, 0.29) is 72.9 Å². The topological polar surface area (TPSA) is 176 Å². The van der Waals surface area contributed by atoms with Gasteiger partial charge in [0.25, 0.3) is 0 Å². The van der Waals surface area contributed by atoms with Crippen LogP contribution in [-0.2, 0) is 9.59 Å². The molecule has 6 rings (SSSR count). The minimum atomic E-state index is -0.888. The lowest BCUT2D eigenvalue weighted by Gasteiger charge is -2.17. The summed E-state index contributed by atoms with van der Waals surface area (Å²) in [4.78, 5) is 39.7. The molecule has 0 aliphatic rings. The van der Waals surface area contributed by atoms with Gasteiger partial charge in [0, 0.05) is 34.0 Å². The molecule has 3 aromatic carbocycles. The summed E-state index contributed by atoms with van der Waals surface area (Å²) in [5, 5.41) is 2.54. The van der Waals surface area contributed by atoms with Crippen molar-refractivity contribution in [3.8, 4) is 45.6 Å². The molecule has 3 heterocycles. The largest absolute Gasteiger partial charge is 0.493 e. The second-order valence-electron chi connectivity index (χ2n) is 13.1. The smallest absolute Gasteiger partial charge is 0.361 e. The summed E-state index contributed by atoms with van der Waals surface area (Å²) in [5.74, 6) is 0.101. The Kier molecular flexibility index (Phi) is 12.7. The first kappa shape index (κ1) is 41.7. The van der Waals surface area contributed by atoms with Crippen LogP contribution in [0, 0.1) is 11.8 Å². The fraction of sp³-hybridized carbons (Fsp3) is 0.308. The zero-order valence-electron chi connectivity index (χ0n) is 31.2. The predicted molar refractivity (Wildman–Crippen MR) is 218 cm³/mol. The van der Waals surface area contributed by atoms with Gasteiger partial charge < -0.3 is 48.7 Å². The van der Waals surface area contributed by atoms with Gasteiger partial charge in [0.2, 0.25) is 0 Å². The van der Waals surface area contributed by atoms with E-state index in [0.29, 0.717) is 38.9 Å². The summed E-state index contributed by atoms with van der Waals surface area (Å²) < 4.78 is 41.7. The summed E-state index contributed by atoms with van der Waals surface area (Å²) in [6.45, 7) is 7.27. The predicted octanol–water partition coefficient (Wildman–Crippen LogP) is 6.06. The van der Waals surface area contributed by atoms with Gasteiger partial charge >= 0.3 is 17.6 Å². The van der Waals surface area contributed by atoms with Crippen LogP contribution in [0.1, 0.15) is 27.7 Å². The van der Waals surface area contributed by atoms with Crippen molar-refractivity contribution in [1.82, 2.24) is 4.40 Å². The number of hydrogen-bond acceptors (Lipinski definition) is 12. The van der Waals surface area contributed by atoms with Crippen molar-refractivity contribution in [2.45, 2.75) is 39.8 Å². The Balaban J connectivity index is 0.00000325. The normalized spacial score (nSPS) is 12.4. The molecule has 0 saturated carbocycles. The van der Waals surface area contributed by atoms with Crippen LogP contribution in [0.4, 0.5) is 0 Å². The number of pyridine rings is 1. The average Bonchev–Trinajstić information content (AvgIpc) is 3.49. The first-order chi connectivity index (χ1) is 24.8. The zero-order chi connectivity index (χ0) is 37.6. The lowest BCUT2D eigenvalue weighted by molar-refractivity contribution is -0.137. The van der Waals surface area contributed by atoms with Crippen LogP contribution in [0.2, 0.25) is 0 Å². The van der Waals surface area contributed by atoms with E-state index in [9.17, 15) is 14.4 Å². The molecule has 0 bridgehead atoms. The van der Waals surface area contributed by atoms with Gasteiger partial charge in [0.05, 0.1) is 34.0 Å². The van der Waals surface area contributed by atoms with Crippen LogP contribution in [0.5, 0.6) is 34.5 Å². The van der Waals surface area contributed by atoms with Crippen molar-refractivity contribution in [2.75, 3.05) is 28.4 Å². The van der Waals surface area contributed by atoms with Gasteiger partial charge in [-0.25, -0.2) is 14.4 Å². The number of aromatic nitrogens is 1. The fourth-order valence-corrected chi connectivity index (χ4v) is 6.15. The Morgan fingerprint density at radius 2 is 1.17 bits per heavy atom. The van der Waals surface area contributed by atoms with Gasteiger partial charge in [-0.2, -0.15) is 27.0 Å². The first-order valence-corrected chi connectivity index (χ1v) is 16.6. The number of carbonyl (C=O) groups excluding carboxylic acids is 2. The SMILES string of the molecule is COc1cc2ccn3c(c(-c4ccc(OC(=O)[C@@H](N)C(C)C)c(OC)c4)c4c5cc(OC)c(OC(=O)[C@@H](N)C(C)C)cc5oc(=O)c43)c2cc1OC.S.S. The Hall–Kier alpha value is -5.09. The molecule has 4 N–H and O–H groups in total. The molecule has 0 fully saturated rings. The molecule has 0 spiro atoms. The number of ether oxygens (including phenoxy) is 6. The van der Waals surface area contributed by atoms with Gasteiger partial charge in [-0.15, -0.1) is 0 Å². The maximum absolute atomic E-state index is 14.0. The van der Waals surface area contributed by atoms with Crippen molar-refractivity contribution >= 4 is 77.1 Å². The number of methoxy groups -OCH3 is 4. The molecular weight excluding hydrogens is 735 g/mol. The van der Waals surface area contributed by atoms with Crippen LogP contribution >= 0.6 is 27.0 Å². The monoisotopic (exact) mass is 779 g/mol. The van der Waals surface area contributed by atoms with Crippen molar-refractivity contribution in [3.05, 3.63) is 65.1 Å². The number of rotatable bonds is 11. The van der Waals surface area contributed by atoms with Gasteiger partial charge in [-0.1, -0.05) is 33.8 Å². The van der Waals surface area contributed by atoms with Gasteiger partial charge in [-0.3, -0.25) is 0 Å². The van der Waals surface area contributed by atoms with E-state index in [4.69, 9.17) is 44.3 Å². The Bertz CT molecular complexity index is 2440. The van der Waals surface area contributed by atoms with Crippen LogP contribution in [0.25, 0.3) is 49.3 Å². The highest BCUT2D eigenvalue weighted by atomic mass is 32.1. The minimum absolute atomic E-state index is 0. The molecule has 13 nitrogen and oxygen atoms in total. The molecule has 6 aromatic rings. The molecule has 54 heavy (non-hydrogen) atoms. The third-order valence-corrected chi connectivity index (χ3v) is 9.20. The third kappa shape index (κ3) is 7.23. The van der Waals surface area contributed by atoms with E-state index in [2.05, 4.69) is 0 Å². The average molecular weight is 780 g/mol. The lowest BCUT2D eigenvalue weighted by Crippen LogP contribution is -2.38. The highest BCUT2D eigenvalue weighted by Gasteiger charge is 2.28. The molecule has 0 saturated heterocycles. The van der Waals surface area contributed by atoms with Crippen molar-refractivity contribution in [1.29, 1.82) is 0 Å². The van der Waals surface area contributed by atoms with E-state index in [1.54, 1.807) is 62.9 Å². The summed E-state index contributed by atoms with van der Waals surface area (Å²) in [6.07, 6.45) is 1.78. The summed E-state index contributed by atoms with van der Waals surface area (Å²) in [5.41, 5.74) is 13.7. The van der Waals surface area contributed by atoms with E-state index in [0.717, 1.165) is 10.8 Å². The van der Waals surface area contributed by atoms with Crippen molar-refractivity contribution in [2.24, 2.45) is 23.3 Å². The van der Waals surface area contributed by atoms with E-state index < -0.39 is 29.6 Å². The van der Waals surface area contributed by atoms with Crippen LogP contribution < -0.4 is 45.5 Å². The van der Waals surface area contributed by atoms with Crippen LogP contribution in [-0.4, -0.2) is 56.9 Å². The Morgan fingerprint density at radius 3 is 1.74 bits per heavy atom. The van der Waals surface area contributed by atoms with Gasteiger partial charge in [-0.05, 0) is 59.2 Å². The fourth-order valence-electron chi connectivity index (χ4n) is 6.15. The lowest BCUT2D eigenvalue weighted by atomic mass is 9.97. The number of benzene rings is 3. The third-order valence-electron chi connectivity index (χ3n) is 9.20. The van der Waals surface area contributed by atoms with E-state index in [1.807, 2.05) is 32.0 Å². The first-order valence-electron chi connectivity index (χ1n) is 16.6. The molecule has 0 unspecified atom stereocenters. The second kappa shape index (κ2) is 16.5. The summed E-state index contributed by atoms with van der Waals surface area (Å²) in [7, 11) is 6.00.